The van der Waals surface area contributed by atoms with Crippen LogP contribution >= 0.6 is 0 Å². The number of carbonyl (C=O) groups is 1. The summed E-state index contributed by atoms with van der Waals surface area (Å²) in [6.45, 7) is 0. The molecule has 0 amide bonds. The van der Waals surface area contributed by atoms with Crippen LogP contribution in [0.2, 0.25) is 0 Å². The molecule has 1 aliphatic rings. The molecule has 0 radical (unpaired) electrons. The second kappa shape index (κ2) is 3.72. The van der Waals surface area contributed by atoms with Crippen LogP contribution in [0.25, 0.3) is 0 Å². The number of rotatable bonds is 2. The lowest BCUT2D eigenvalue weighted by Gasteiger charge is -1.94. The molecule has 0 saturated heterocycles. The first-order valence-electron chi connectivity index (χ1n) is 3.74. The van der Waals surface area contributed by atoms with Gasteiger partial charge < -0.3 is 5.11 Å². The lowest BCUT2D eigenvalue weighted by atomic mass is 10.1. The van der Waals surface area contributed by atoms with Gasteiger partial charge in [0.25, 0.3) is 0 Å². The minimum absolute atomic E-state index is 0.135. The summed E-state index contributed by atoms with van der Waals surface area (Å²) in [5.41, 5.74) is 0.759. The van der Waals surface area contributed by atoms with Gasteiger partial charge in [-0.3, -0.25) is 0 Å². The first-order chi connectivity index (χ1) is 5.72. The first-order valence-corrected chi connectivity index (χ1v) is 3.74. The van der Waals surface area contributed by atoms with Gasteiger partial charge >= 0.3 is 5.97 Å². The van der Waals surface area contributed by atoms with Crippen LogP contribution in [-0.4, -0.2) is 11.1 Å². The normalized spacial score (nSPS) is 22.2. The predicted octanol–water partition coefficient (Wildman–Crippen LogP) is 1.49. The second-order valence-electron chi connectivity index (χ2n) is 2.70. The fourth-order valence-electron chi connectivity index (χ4n) is 1.20. The molecular formula is C9H9NO2. The summed E-state index contributed by atoms with van der Waals surface area (Å²) in [6.07, 6.45) is 6.19. The fraction of sp³-hybridized carbons (Fsp3) is 0.333. The zero-order valence-corrected chi connectivity index (χ0v) is 6.53. The maximum atomic E-state index is 10.1. The number of allylic oxidation sites excluding steroid dienone is 3. The molecule has 1 unspecified atom stereocenters. The largest absolute Gasteiger partial charge is 0.478 e. The van der Waals surface area contributed by atoms with Crippen LogP contribution in [-0.2, 0) is 4.79 Å². The van der Waals surface area contributed by atoms with Crippen molar-refractivity contribution < 1.29 is 9.90 Å². The number of nitriles is 1. The number of hydrogen-bond acceptors (Lipinski definition) is 2. The van der Waals surface area contributed by atoms with Crippen LogP contribution in [0.15, 0.2) is 23.8 Å². The molecule has 1 N–H and O–H groups in total. The van der Waals surface area contributed by atoms with Crippen molar-refractivity contribution in [3.63, 3.8) is 0 Å². The van der Waals surface area contributed by atoms with Gasteiger partial charge in [0.05, 0.1) is 6.07 Å². The highest BCUT2D eigenvalue weighted by atomic mass is 16.4. The van der Waals surface area contributed by atoms with Crippen molar-refractivity contribution in [2.45, 2.75) is 12.8 Å². The molecule has 0 bridgehead atoms. The third-order valence-electron chi connectivity index (χ3n) is 1.79. The maximum absolute atomic E-state index is 10.1. The number of aliphatic carboxylic acids is 1. The first kappa shape index (κ1) is 8.54. The van der Waals surface area contributed by atoms with Crippen LogP contribution in [0, 0.1) is 17.2 Å². The van der Waals surface area contributed by atoms with Crippen molar-refractivity contribution in [3.8, 4) is 6.07 Å². The zero-order valence-electron chi connectivity index (χ0n) is 6.53. The molecule has 0 aromatic carbocycles. The van der Waals surface area contributed by atoms with Gasteiger partial charge in [0.1, 0.15) is 0 Å². The Labute approximate surface area is 70.6 Å². The van der Waals surface area contributed by atoms with Gasteiger partial charge in [0, 0.05) is 11.6 Å². The van der Waals surface area contributed by atoms with Crippen molar-refractivity contribution in [1.29, 1.82) is 5.26 Å². The molecule has 1 aliphatic carbocycles. The van der Waals surface area contributed by atoms with Crippen LogP contribution in [0.5, 0.6) is 0 Å². The second-order valence-corrected chi connectivity index (χ2v) is 2.70. The Bertz CT molecular complexity index is 283. The molecule has 62 valence electrons. The van der Waals surface area contributed by atoms with E-state index in [1.165, 1.54) is 0 Å². The van der Waals surface area contributed by atoms with E-state index >= 15 is 0 Å². The van der Waals surface area contributed by atoms with Crippen molar-refractivity contribution in [2.24, 2.45) is 5.92 Å². The molecule has 0 aromatic heterocycles. The van der Waals surface area contributed by atoms with E-state index in [2.05, 4.69) is 6.07 Å². The number of carboxylic acids is 1. The summed E-state index contributed by atoms with van der Waals surface area (Å²) in [4.78, 5) is 10.1. The average Bonchev–Trinajstić information content (AvgIpc) is 2.48. The maximum Gasteiger partial charge on any atom is 0.327 e. The highest BCUT2D eigenvalue weighted by Crippen LogP contribution is 2.24. The van der Waals surface area contributed by atoms with Crippen LogP contribution in [0.4, 0.5) is 0 Å². The summed E-state index contributed by atoms with van der Waals surface area (Å²) >= 11 is 0. The Kier molecular flexibility index (Phi) is 2.65. The lowest BCUT2D eigenvalue weighted by molar-refractivity contribution is -0.131. The van der Waals surface area contributed by atoms with Crippen LogP contribution in [0.3, 0.4) is 0 Å². The molecular weight excluding hydrogens is 154 g/mol. The quantitative estimate of drug-likeness (QED) is 0.627. The number of carboxylic acid groups (broad SMARTS) is 1. The van der Waals surface area contributed by atoms with Gasteiger partial charge in [-0.05, 0) is 18.8 Å². The molecule has 1 atom stereocenters. The van der Waals surface area contributed by atoms with E-state index in [-0.39, 0.29) is 5.92 Å². The SMILES string of the molecule is N#CC1=CC(/C=C/C(=O)O)CC1. The highest BCUT2D eigenvalue weighted by molar-refractivity contribution is 5.79. The molecule has 0 heterocycles. The summed E-state index contributed by atoms with van der Waals surface area (Å²) < 4.78 is 0. The Morgan fingerprint density at radius 1 is 1.83 bits per heavy atom. The fourth-order valence-corrected chi connectivity index (χ4v) is 1.20. The number of nitrogens with zero attached hydrogens (tertiary/aromatic N) is 1. The van der Waals surface area contributed by atoms with Gasteiger partial charge in [0.15, 0.2) is 0 Å². The Morgan fingerprint density at radius 2 is 2.58 bits per heavy atom. The van der Waals surface area contributed by atoms with E-state index in [0.29, 0.717) is 0 Å². The van der Waals surface area contributed by atoms with E-state index in [1.807, 2.05) is 6.08 Å². The molecule has 0 spiro atoms. The van der Waals surface area contributed by atoms with Gasteiger partial charge in [-0.15, -0.1) is 0 Å². The molecule has 12 heavy (non-hydrogen) atoms. The van der Waals surface area contributed by atoms with Gasteiger partial charge in [-0.25, -0.2) is 4.79 Å². The van der Waals surface area contributed by atoms with Crippen molar-refractivity contribution in [3.05, 3.63) is 23.8 Å². The highest BCUT2D eigenvalue weighted by Gasteiger charge is 2.12. The van der Waals surface area contributed by atoms with E-state index in [1.54, 1.807) is 6.08 Å². The molecule has 0 saturated carbocycles. The Balaban J connectivity index is 2.54. The van der Waals surface area contributed by atoms with Crippen LogP contribution in [0.1, 0.15) is 12.8 Å². The Morgan fingerprint density at radius 3 is 3.08 bits per heavy atom. The number of hydrogen-bond donors (Lipinski definition) is 1. The minimum Gasteiger partial charge on any atom is -0.478 e. The topological polar surface area (TPSA) is 61.1 Å². The molecule has 0 aliphatic heterocycles. The van der Waals surface area contributed by atoms with E-state index in [4.69, 9.17) is 10.4 Å². The summed E-state index contributed by atoms with van der Waals surface area (Å²) in [5, 5.41) is 16.8. The molecule has 0 fully saturated rings. The van der Waals surface area contributed by atoms with Crippen molar-refractivity contribution in [2.75, 3.05) is 0 Å². The molecule has 3 heteroatoms. The van der Waals surface area contributed by atoms with Gasteiger partial charge in [-0.1, -0.05) is 12.2 Å². The molecule has 1 rings (SSSR count). The van der Waals surface area contributed by atoms with Crippen molar-refractivity contribution >= 4 is 5.97 Å². The third-order valence-corrected chi connectivity index (χ3v) is 1.79. The molecule has 3 nitrogen and oxygen atoms in total. The van der Waals surface area contributed by atoms with E-state index < -0.39 is 5.97 Å². The summed E-state index contributed by atoms with van der Waals surface area (Å²) in [5.74, 6) is -0.801. The standard InChI is InChI=1S/C9H9NO2/c10-6-8-2-1-7(5-8)3-4-9(11)12/h3-5,7H,1-2H2,(H,11,12)/b4-3+. The Hall–Kier alpha value is -1.56. The lowest BCUT2D eigenvalue weighted by Crippen LogP contribution is -1.90. The average molecular weight is 163 g/mol. The van der Waals surface area contributed by atoms with Crippen molar-refractivity contribution in [1.82, 2.24) is 0 Å². The van der Waals surface area contributed by atoms with Crippen LogP contribution < -0.4 is 0 Å². The molecule has 0 aromatic rings. The summed E-state index contributed by atoms with van der Waals surface area (Å²) in [6, 6.07) is 2.06. The van der Waals surface area contributed by atoms with E-state index in [0.717, 1.165) is 24.5 Å². The monoisotopic (exact) mass is 163 g/mol. The summed E-state index contributed by atoms with van der Waals surface area (Å²) in [7, 11) is 0. The minimum atomic E-state index is -0.936. The zero-order chi connectivity index (χ0) is 8.97. The van der Waals surface area contributed by atoms with Gasteiger partial charge in [-0.2, -0.15) is 5.26 Å². The third kappa shape index (κ3) is 2.24. The van der Waals surface area contributed by atoms with E-state index in [9.17, 15) is 4.79 Å². The van der Waals surface area contributed by atoms with Gasteiger partial charge in [0.2, 0.25) is 0 Å². The predicted molar refractivity (Wildman–Crippen MR) is 43.2 cm³/mol. The smallest absolute Gasteiger partial charge is 0.327 e.